The number of aliphatic carboxylic acids is 1. The molecule has 0 aromatic carbocycles. The second-order valence-electron chi connectivity index (χ2n) is 7.57. The van der Waals surface area contributed by atoms with E-state index in [0.717, 1.165) is 19.3 Å². The fraction of sp³-hybridized carbons (Fsp3) is 0.450. The Bertz CT molecular complexity index is 1020. The molecule has 2 aliphatic heterocycles. The van der Waals surface area contributed by atoms with E-state index in [0.29, 0.717) is 31.2 Å². The van der Waals surface area contributed by atoms with E-state index in [1.54, 1.807) is 23.1 Å². The van der Waals surface area contributed by atoms with Gasteiger partial charge in [0.15, 0.2) is 0 Å². The molecule has 4 heterocycles. The average molecular weight is 467 g/mol. The highest BCUT2D eigenvalue weighted by Gasteiger charge is 2.45. The van der Waals surface area contributed by atoms with Gasteiger partial charge in [0.25, 0.3) is 5.91 Å². The number of carboxylic acid groups (broad SMARTS) is 1. The number of piperidine rings is 1. The molecule has 2 unspecified atom stereocenters. The van der Waals surface area contributed by atoms with Gasteiger partial charge in [-0.05, 0) is 25.0 Å². The molecule has 1 spiro atoms. The summed E-state index contributed by atoms with van der Waals surface area (Å²) in [5.41, 5.74) is 0.0310. The molecule has 2 saturated heterocycles. The fourth-order valence-corrected chi connectivity index (χ4v) is 3.76. The number of aromatic nitrogens is 2. The van der Waals surface area contributed by atoms with Gasteiger partial charge in [-0.3, -0.25) is 4.79 Å². The molecule has 13 heteroatoms. The minimum Gasteiger partial charge on any atom is -0.475 e. The van der Waals surface area contributed by atoms with Gasteiger partial charge in [-0.15, -0.1) is 0 Å². The molecule has 0 saturated carbocycles. The van der Waals surface area contributed by atoms with Crippen molar-refractivity contribution in [2.75, 3.05) is 25.0 Å². The number of rotatable bonds is 3. The van der Waals surface area contributed by atoms with Crippen LogP contribution in [0.4, 0.5) is 19.0 Å². The molecule has 10 nitrogen and oxygen atoms in total. The predicted octanol–water partition coefficient (Wildman–Crippen LogP) is 2.45. The number of nitrogens with one attached hydrogen (secondary N) is 1. The van der Waals surface area contributed by atoms with Crippen LogP contribution in [-0.4, -0.2) is 69.5 Å². The third-order valence-corrected chi connectivity index (χ3v) is 5.14. The molecule has 2 aliphatic rings. The van der Waals surface area contributed by atoms with Crippen LogP contribution in [0, 0.1) is 11.3 Å². The summed E-state index contributed by atoms with van der Waals surface area (Å²) < 4.78 is 42.9. The summed E-state index contributed by atoms with van der Waals surface area (Å²) in [4.78, 5) is 27.5. The maximum atomic E-state index is 12.5. The van der Waals surface area contributed by atoms with Crippen LogP contribution in [0.15, 0.2) is 35.0 Å². The number of alkyl halides is 3. The highest BCUT2D eigenvalue weighted by atomic mass is 19.4. The topological polar surface area (TPSA) is 142 Å². The first-order valence-corrected chi connectivity index (χ1v) is 9.90. The maximum absolute atomic E-state index is 12.5. The Morgan fingerprint density at radius 1 is 1.33 bits per heavy atom. The van der Waals surface area contributed by atoms with Gasteiger partial charge in [-0.2, -0.15) is 18.4 Å². The van der Waals surface area contributed by atoms with E-state index >= 15 is 0 Å². The molecule has 0 bridgehead atoms. The van der Waals surface area contributed by atoms with Crippen LogP contribution in [0.25, 0.3) is 0 Å². The molecule has 2 aromatic heterocycles. The summed E-state index contributed by atoms with van der Waals surface area (Å²) in [6, 6.07) is 9.03. The molecule has 2 atom stereocenters. The molecular formula is C20H20F3N5O5. The summed E-state index contributed by atoms with van der Waals surface area (Å²) in [5, 5.41) is 23.0. The smallest absolute Gasteiger partial charge is 0.475 e. The lowest BCUT2D eigenvalue weighted by Gasteiger charge is -2.39. The number of amides is 1. The van der Waals surface area contributed by atoms with E-state index in [9.17, 15) is 18.0 Å². The van der Waals surface area contributed by atoms with E-state index < -0.39 is 12.1 Å². The first-order valence-electron chi connectivity index (χ1n) is 9.90. The molecular weight excluding hydrogens is 447 g/mol. The third-order valence-electron chi connectivity index (χ3n) is 5.14. The second kappa shape index (κ2) is 9.86. The molecule has 4 rings (SSSR count). The van der Waals surface area contributed by atoms with Crippen LogP contribution < -0.4 is 5.32 Å². The molecule has 176 valence electrons. The zero-order valence-corrected chi connectivity index (χ0v) is 17.2. The number of nitriles is 1. The Labute approximate surface area is 185 Å². The van der Waals surface area contributed by atoms with Crippen molar-refractivity contribution >= 4 is 17.7 Å². The van der Waals surface area contributed by atoms with Crippen molar-refractivity contribution in [2.45, 2.75) is 37.1 Å². The molecule has 2 fully saturated rings. The summed E-state index contributed by atoms with van der Waals surface area (Å²) in [7, 11) is 0. The molecule has 2 aromatic rings. The number of anilines is 1. The van der Waals surface area contributed by atoms with E-state index in [1.807, 2.05) is 12.1 Å². The number of hydrogen-bond acceptors (Lipinski definition) is 8. The molecule has 0 radical (unpaired) electrons. The number of ether oxygens (including phenoxy) is 1. The third kappa shape index (κ3) is 6.19. The number of halogens is 3. The predicted molar refractivity (Wildman–Crippen MR) is 105 cm³/mol. The zero-order valence-electron chi connectivity index (χ0n) is 17.2. The lowest BCUT2D eigenvalue weighted by molar-refractivity contribution is -0.192. The second-order valence-corrected chi connectivity index (χ2v) is 7.57. The monoisotopic (exact) mass is 467 g/mol. The van der Waals surface area contributed by atoms with Gasteiger partial charge in [0.05, 0.1) is 31.0 Å². The van der Waals surface area contributed by atoms with Gasteiger partial charge in [-0.1, -0.05) is 11.2 Å². The number of hydrogen-bond donors (Lipinski definition) is 2. The summed E-state index contributed by atoms with van der Waals surface area (Å²) >= 11 is 0. The number of carbonyl (C=O) groups excluding carboxylic acids is 1. The van der Waals surface area contributed by atoms with E-state index in [4.69, 9.17) is 24.4 Å². The highest BCUT2D eigenvalue weighted by Crippen LogP contribution is 2.36. The van der Waals surface area contributed by atoms with Crippen LogP contribution in [0.3, 0.4) is 0 Å². The Morgan fingerprint density at radius 2 is 2.09 bits per heavy atom. The van der Waals surface area contributed by atoms with E-state index in [1.165, 1.54) is 6.20 Å². The number of nitrogens with zero attached hydrogens (tertiary/aromatic N) is 4. The fourth-order valence-electron chi connectivity index (χ4n) is 3.76. The van der Waals surface area contributed by atoms with Gasteiger partial charge in [0.2, 0.25) is 5.76 Å². The van der Waals surface area contributed by atoms with Crippen molar-refractivity contribution in [2.24, 2.45) is 0 Å². The van der Waals surface area contributed by atoms with Gasteiger partial charge < -0.3 is 24.6 Å². The minimum absolute atomic E-state index is 0.0942. The van der Waals surface area contributed by atoms with Crippen LogP contribution in [0.2, 0.25) is 0 Å². The molecule has 0 aliphatic carbocycles. The first-order chi connectivity index (χ1) is 15.6. The summed E-state index contributed by atoms with van der Waals surface area (Å²) in [6.45, 7) is 1.77. The average Bonchev–Trinajstić information content (AvgIpc) is 3.44. The van der Waals surface area contributed by atoms with Gasteiger partial charge in [0.1, 0.15) is 17.6 Å². The van der Waals surface area contributed by atoms with Crippen molar-refractivity contribution in [3.63, 3.8) is 0 Å². The van der Waals surface area contributed by atoms with E-state index in [2.05, 4.69) is 15.5 Å². The van der Waals surface area contributed by atoms with E-state index in [-0.39, 0.29) is 23.3 Å². The number of carbonyl (C=O) groups is 2. The van der Waals surface area contributed by atoms with Crippen LogP contribution in [0.5, 0.6) is 0 Å². The van der Waals surface area contributed by atoms with Crippen molar-refractivity contribution in [3.05, 3.63) is 41.9 Å². The van der Waals surface area contributed by atoms with Crippen LogP contribution in [0.1, 0.15) is 35.5 Å². The zero-order chi connectivity index (χ0) is 24.1. The van der Waals surface area contributed by atoms with Crippen LogP contribution >= 0.6 is 0 Å². The van der Waals surface area contributed by atoms with Crippen molar-refractivity contribution in [3.8, 4) is 6.07 Å². The minimum atomic E-state index is -5.08. The van der Waals surface area contributed by atoms with Gasteiger partial charge >= 0.3 is 12.1 Å². The maximum Gasteiger partial charge on any atom is 0.490 e. The summed E-state index contributed by atoms with van der Waals surface area (Å²) in [6.07, 6.45) is -1.03. The Balaban J connectivity index is 0.000000383. The number of likely N-dealkylation sites (tertiary alicyclic amines) is 1. The molecule has 1 amide bonds. The summed E-state index contributed by atoms with van der Waals surface area (Å²) in [5.74, 6) is -1.98. The Kier molecular flexibility index (Phi) is 7.17. The van der Waals surface area contributed by atoms with Crippen molar-refractivity contribution in [1.29, 1.82) is 5.26 Å². The highest BCUT2D eigenvalue weighted by molar-refractivity contribution is 5.91. The lowest BCUT2D eigenvalue weighted by Crippen LogP contribution is -2.50. The largest absolute Gasteiger partial charge is 0.490 e. The van der Waals surface area contributed by atoms with Crippen LogP contribution in [-0.2, 0) is 9.53 Å². The Hall–Kier alpha value is -3.66. The Morgan fingerprint density at radius 3 is 2.73 bits per heavy atom. The van der Waals surface area contributed by atoms with Crippen molar-refractivity contribution < 1.29 is 37.1 Å². The molecule has 2 N–H and O–H groups in total. The van der Waals surface area contributed by atoms with Gasteiger partial charge in [-0.25, -0.2) is 9.78 Å². The van der Waals surface area contributed by atoms with Gasteiger partial charge in [0, 0.05) is 19.0 Å². The SMILES string of the molecule is N#Cc1cccc(NC2COC3(CCCN(C(=O)c4ccno4)C3)C2)n1.O=C(O)C(F)(F)F. The number of carboxylic acids is 1. The van der Waals surface area contributed by atoms with Crippen molar-refractivity contribution in [1.82, 2.24) is 15.0 Å². The quantitative estimate of drug-likeness (QED) is 0.696. The first kappa shape index (κ1) is 24.0. The molecule has 33 heavy (non-hydrogen) atoms. The normalized spacial score (nSPS) is 22.2. The number of pyridine rings is 1. The lowest BCUT2D eigenvalue weighted by atomic mass is 9.88. The standard InChI is InChI=1S/C18H19N5O3.C2HF3O2/c19-10-13-3-1-4-16(21-13)22-14-9-18(25-11-14)6-2-8-23(12-18)17(24)15-5-7-20-26-15;3-2(4,5)1(6)7/h1,3-5,7,14H,2,6,8-9,11-12H2,(H,21,22);(H,6,7).